The Balaban J connectivity index is 2.91. The quantitative estimate of drug-likeness (QED) is 0.674. The van der Waals surface area contributed by atoms with Crippen LogP contribution in [0.1, 0.15) is 53.9 Å². The van der Waals surface area contributed by atoms with E-state index in [9.17, 15) is 4.79 Å². The molecule has 20 heavy (non-hydrogen) atoms. The Morgan fingerprint density at radius 1 is 1.35 bits per heavy atom. The molecule has 4 nitrogen and oxygen atoms in total. The fourth-order valence-corrected chi connectivity index (χ4v) is 3.30. The molecule has 1 aliphatic rings. The Morgan fingerprint density at radius 2 is 2.00 bits per heavy atom. The van der Waals surface area contributed by atoms with E-state index >= 15 is 0 Å². The van der Waals surface area contributed by atoms with Gasteiger partial charge in [0.1, 0.15) is 0 Å². The predicted octanol–water partition coefficient (Wildman–Crippen LogP) is 2.86. The summed E-state index contributed by atoms with van der Waals surface area (Å²) in [5.41, 5.74) is -0.0943. The molecule has 1 fully saturated rings. The molecule has 2 unspecified atom stereocenters. The van der Waals surface area contributed by atoms with Gasteiger partial charge in [0.05, 0.1) is 19.1 Å². The largest absolute Gasteiger partial charge is 0.466 e. The fraction of sp³-hybridized carbons (Fsp3) is 0.938. The summed E-state index contributed by atoms with van der Waals surface area (Å²) in [6, 6.07) is 0. The Labute approximate surface area is 123 Å². The minimum atomic E-state index is -0.0943. The molecule has 1 saturated heterocycles. The molecule has 0 amide bonds. The van der Waals surface area contributed by atoms with Crippen LogP contribution in [0.25, 0.3) is 0 Å². The third-order valence-corrected chi connectivity index (χ3v) is 4.44. The molecule has 0 aliphatic carbocycles. The number of carbonyl (C=O) groups is 1. The molecule has 1 heterocycles. The highest BCUT2D eigenvalue weighted by Gasteiger charge is 2.43. The molecule has 0 N–H and O–H groups in total. The van der Waals surface area contributed by atoms with Gasteiger partial charge in [-0.1, -0.05) is 27.7 Å². The van der Waals surface area contributed by atoms with Gasteiger partial charge in [0.15, 0.2) is 0 Å². The van der Waals surface area contributed by atoms with Gasteiger partial charge < -0.3 is 9.47 Å². The first-order chi connectivity index (χ1) is 9.49. The van der Waals surface area contributed by atoms with Crippen LogP contribution in [0.15, 0.2) is 0 Å². The van der Waals surface area contributed by atoms with E-state index in [1.165, 1.54) is 0 Å². The molecule has 0 aromatic heterocycles. The highest BCUT2D eigenvalue weighted by Crippen LogP contribution is 2.36. The lowest BCUT2D eigenvalue weighted by molar-refractivity contribution is -0.152. The first-order valence-corrected chi connectivity index (χ1v) is 8.01. The number of esters is 1. The zero-order valence-corrected chi connectivity index (χ0v) is 13.8. The molecular weight excluding hydrogens is 254 g/mol. The highest BCUT2D eigenvalue weighted by molar-refractivity contribution is 5.71. The number of hydrogen-bond donors (Lipinski definition) is 0. The van der Waals surface area contributed by atoms with E-state index in [4.69, 9.17) is 9.47 Å². The van der Waals surface area contributed by atoms with E-state index in [2.05, 4.69) is 32.6 Å². The Bertz CT molecular complexity index is 302. The normalized spacial score (nSPS) is 27.1. The van der Waals surface area contributed by atoms with Crippen LogP contribution in [0, 0.1) is 5.92 Å². The summed E-state index contributed by atoms with van der Waals surface area (Å²) in [7, 11) is 0. The molecule has 0 spiro atoms. The number of ether oxygens (including phenoxy) is 2. The van der Waals surface area contributed by atoms with Crippen molar-refractivity contribution in [3.05, 3.63) is 0 Å². The summed E-state index contributed by atoms with van der Waals surface area (Å²) in [6.45, 7) is 13.7. The summed E-state index contributed by atoms with van der Waals surface area (Å²) in [5, 5.41) is 0. The topological polar surface area (TPSA) is 38.8 Å². The highest BCUT2D eigenvalue weighted by atomic mass is 16.5. The van der Waals surface area contributed by atoms with E-state index in [0.717, 1.165) is 32.5 Å². The second kappa shape index (κ2) is 7.99. The first-order valence-electron chi connectivity index (χ1n) is 8.01. The summed E-state index contributed by atoms with van der Waals surface area (Å²) in [4.78, 5) is 14.5. The molecule has 0 aromatic carbocycles. The average molecular weight is 285 g/mol. The summed E-state index contributed by atoms with van der Waals surface area (Å²) in [5.74, 6) is 0.399. The van der Waals surface area contributed by atoms with E-state index in [1.807, 2.05) is 6.92 Å². The predicted molar refractivity (Wildman–Crippen MR) is 80.7 cm³/mol. The molecule has 0 saturated carbocycles. The maximum Gasteiger partial charge on any atom is 0.307 e. The minimum Gasteiger partial charge on any atom is -0.466 e. The van der Waals surface area contributed by atoms with Gasteiger partial charge in [0.25, 0.3) is 0 Å². The van der Waals surface area contributed by atoms with Gasteiger partial charge in [-0.2, -0.15) is 0 Å². The van der Waals surface area contributed by atoms with Gasteiger partial charge in [0.2, 0.25) is 0 Å². The van der Waals surface area contributed by atoms with E-state index in [1.54, 1.807) is 0 Å². The van der Waals surface area contributed by atoms with Crippen molar-refractivity contribution in [2.45, 2.75) is 65.5 Å². The zero-order chi connectivity index (χ0) is 15.2. The van der Waals surface area contributed by atoms with Crippen LogP contribution in [-0.4, -0.2) is 48.8 Å². The smallest absolute Gasteiger partial charge is 0.307 e. The van der Waals surface area contributed by atoms with Crippen molar-refractivity contribution in [1.29, 1.82) is 0 Å². The molecule has 0 bridgehead atoms. The van der Waals surface area contributed by atoms with Crippen molar-refractivity contribution in [2.24, 2.45) is 5.92 Å². The van der Waals surface area contributed by atoms with E-state index in [-0.39, 0.29) is 17.6 Å². The lowest BCUT2D eigenvalue weighted by Gasteiger charge is -2.48. The van der Waals surface area contributed by atoms with Gasteiger partial charge in [-0.3, -0.25) is 9.69 Å². The molecule has 118 valence electrons. The second-order valence-corrected chi connectivity index (χ2v) is 5.99. The fourth-order valence-electron chi connectivity index (χ4n) is 3.30. The Kier molecular flexibility index (Phi) is 6.96. The van der Waals surface area contributed by atoms with Crippen LogP contribution in [0.4, 0.5) is 0 Å². The Morgan fingerprint density at radius 3 is 2.50 bits per heavy atom. The lowest BCUT2D eigenvalue weighted by Crippen LogP contribution is -2.56. The first kappa shape index (κ1) is 17.4. The van der Waals surface area contributed by atoms with Crippen LogP contribution in [0.2, 0.25) is 0 Å². The summed E-state index contributed by atoms with van der Waals surface area (Å²) < 4.78 is 11.1. The Hall–Kier alpha value is -0.610. The van der Waals surface area contributed by atoms with Crippen molar-refractivity contribution in [3.8, 4) is 0 Å². The maximum absolute atomic E-state index is 12.0. The second-order valence-electron chi connectivity index (χ2n) is 5.99. The minimum absolute atomic E-state index is 0.0798. The van der Waals surface area contributed by atoms with Gasteiger partial charge in [-0.15, -0.1) is 0 Å². The number of rotatable bonds is 7. The van der Waals surface area contributed by atoms with E-state index in [0.29, 0.717) is 18.9 Å². The van der Waals surface area contributed by atoms with Gasteiger partial charge in [0, 0.05) is 12.1 Å². The number of carbonyl (C=O) groups excluding carboxylic acids is 1. The number of hydrogen-bond acceptors (Lipinski definition) is 4. The SMILES string of the molecule is CCOC(=O)CC1(N(CC)CC)CCOC(C(C)C)C1. The van der Waals surface area contributed by atoms with Crippen molar-refractivity contribution < 1.29 is 14.3 Å². The van der Waals surface area contributed by atoms with Crippen molar-refractivity contribution in [1.82, 2.24) is 4.90 Å². The molecule has 0 radical (unpaired) electrons. The molecule has 1 rings (SSSR count). The van der Waals surface area contributed by atoms with Crippen molar-refractivity contribution in [3.63, 3.8) is 0 Å². The molecule has 2 atom stereocenters. The van der Waals surface area contributed by atoms with Crippen LogP contribution in [0.5, 0.6) is 0 Å². The van der Waals surface area contributed by atoms with Crippen LogP contribution >= 0.6 is 0 Å². The molecule has 1 aliphatic heterocycles. The third-order valence-electron chi connectivity index (χ3n) is 4.44. The van der Waals surface area contributed by atoms with Gasteiger partial charge in [-0.05, 0) is 38.8 Å². The zero-order valence-electron chi connectivity index (χ0n) is 13.8. The van der Waals surface area contributed by atoms with Gasteiger partial charge >= 0.3 is 5.97 Å². The monoisotopic (exact) mass is 285 g/mol. The average Bonchev–Trinajstić information content (AvgIpc) is 2.40. The molecule has 4 heteroatoms. The van der Waals surface area contributed by atoms with Crippen molar-refractivity contribution in [2.75, 3.05) is 26.3 Å². The lowest BCUT2D eigenvalue weighted by atomic mass is 9.79. The maximum atomic E-state index is 12.0. The van der Waals surface area contributed by atoms with Crippen LogP contribution in [0.3, 0.4) is 0 Å². The van der Waals surface area contributed by atoms with Crippen LogP contribution < -0.4 is 0 Å². The molecular formula is C16H31NO3. The summed E-state index contributed by atoms with van der Waals surface area (Å²) in [6.07, 6.45) is 2.55. The standard InChI is InChI=1S/C16H31NO3/c1-6-17(7-2)16(12-15(18)19-8-3)9-10-20-14(11-16)13(4)5/h13-14H,6-12H2,1-5H3. The van der Waals surface area contributed by atoms with Gasteiger partial charge in [-0.25, -0.2) is 0 Å². The number of nitrogens with zero attached hydrogens (tertiary/aromatic N) is 1. The van der Waals surface area contributed by atoms with Crippen LogP contribution in [-0.2, 0) is 14.3 Å². The summed E-state index contributed by atoms with van der Waals surface area (Å²) >= 11 is 0. The van der Waals surface area contributed by atoms with Crippen molar-refractivity contribution >= 4 is 5.97 Å². The molecule has 0 aromatic rings. The third kappa shape index (κ3) is 4.19. The van der Waals surface area contributed by atoms with E-state index < -0.39 is 0 Å².